The minimum absolute atomic E-state index is 0.0744. The smallest absolute Gasteiger partial charge is 0.330 e. The molecule has 0 bridgehead atoms. The van der Waals surface area contributed by atoms with Gasteiger partial charge in [-0.05, 0) is 24.1 Å². The SMILES string of the molecule is CC(C)Cn1c(=O)n(C2CCOc3c(F)cc(F)cc32)c2nc(-n3cnc4ccc(F)cc43)ncc21. The lowest BCUT2D eigenvalue weighted by molar-refractivity contribution is 0.242. The third kappa shape index (κ3) is 3.45. The molecule has 1 unspecified atom stereocenters. The first-order valence-corrected chi connectivity index (χ1v) is 11.5. The van der Waals surface area contributed by atoms with Crippen LogP contribution in [0.4, 0.5) is 13.2 Å². The molecule has 1 atom stereocenters. The van der Waals surface area contributed by atoms with Gasteiger partial charge in [0.1, 0.15) is 23.5 Å². The molecule has 11 heteroatoms. The Bertz CT molecular complexity index is 1700. The van der Waals surface area contributed by atoms with Crippen molar-refractivity contribution in [3.8, 4) is 11.7 Å². The van der Waals surface area contributed by atoms with Crippen LogP contribution in [-0.4, -0.2) is 35.3 Å². The van der Waals surface area contributed by atoms with Gasteiger partial charge >= 0.3 is 5.69 Å². The standard InChI is InChI=1S/C25H21F3N6O2/c1-13(2)11-32-21-10-29-24(33-12-30-18-4-3-14(26)9-20(18)33)31-23(21)34(25(32)35)19-5-6-36-22-16(19)7-15(27)8-17(22)28/h3-4,7-10,12-13,19H,5-6,11H2,1-2H3. The van der Waals surface area contributed by atoms with Crippen LogP contribution in [0.2, 0.25) is 0 Å². The van der Waals surface area contributed by atoms with E-state index in [0.29, 0.717) is 35.2 Å². The van der Waals surface area contributed by atoms with E-state index in [-0.39, 0.29) is 35.5 Å². The number of aromatic nitrogens is 6. The molecule has 36 heavy (non-hydrogen) atoms. The van der Waals surface area contributed by atoms with Gasteiger partial charge in [0.25, 0.3) is 0 Å². The number of rotatable bonds is 4. The fourth-order valence-electron chi connectivity index (χ4n) is 4.80. The van der Waals surface area contributed by atoms with Gasteiger partial charge in [-0.3, -0.25) is 13.7 Å². The molecule has 3 aromatic heterocycles. The van der Waals surface area contributed by atoms with Crippen molar-refractivity contribution in [3.05, 3.63) is 76.4 Å². The summed E-state index contributed by atoms with van der Waals surface area (Å²) < 4.78 is 52.7. The van der Waals surface area contributed by atoms with Crippen LogP contribution < -0.4 is 10.4 Å². The molecule has 0 saturated carbocycles. The summed E-state index contributed by atoms with van der Waals surface area (Å²) in [5.74, 6) is -1.77. The molecule has 2 aromatic carbocycles. The zero-order valence-corrected chi connectivity index (χ0v) is 19.5. The molecule has 184 valence electrons. The van der Waals surface area contributed by atoms with Crippen LogP contribution in [0.5, 0.6) is 5.75 Å². The average molecular weight is 494 g/mol. The van der Waals surface area contributed by atoms with Crippen molar-refractivity contribution in [3.63, 3.8) is 0 Å². The zero-order chi connectivity index (χ0) is 25.1. The number of hydrogen-bond donors (Lipinski definition) is 0. The van der Waals surface area contributed by atoms with Crippen LogP contribution in [0.15, 0.2) is 47.7 Å². The highest BCUT2D eigenvalue weighted by Gasteiger charge is 2.31. The van der Waals surface area contributed by atoms with E-state index < -0.39 is 23.5 Å². The first kappa shape index (κ1) is 22.3. The molecular formula is C25H21F3N6O2. The van der Waals surface area contributed by atoms with E-state index in [1.165, 1.54) is 39.9 Å². The summed E-state index contributed by atoms with van der Waals surface area (Å²) in [6.07, 6.45) is 3.33. The fraction of sp³-hybridized carbons (Fsp3) is 0.280. The van der Waals surface area contributed by atoms with Crippen molar-refractivity contribution >= 4 is 22.2 Å². The Morgan fingerprint density at radius 3 is 2.72 bits per heavy atom. The summed E-state index contributed by atoms with van der Waals surface area (Å²) in [6.45, 7) is 4.50. The Hall–Kier alpha value is -4.15. The Balaban J connectivity index is 1.61. The second kappa shape index (κ2) is 8.21. The number of hydrogen-bond acceptors (Lipinski definition) is 5. The van der Waals surface area contributed by atoms with Gasteiger partial charge in [0, 0.05) is 30.7 Å². The van der Waals surface area contributed by atoms with Crippen LogP contribution in [0.1, 0.15) is 31.9 Å². The number of imidazole rings is 2. The molecular weight excluding hydrogens is 473 g/mol. The van der Waals surface area contributed by atoms with Gasteiger partial charge in [-0.2, -0.15) is 4.98 Å². The predicted molar refractivity (Wildman–Crippen MR) is 126 cm³/mol. The van der Waals surface area contributed by atoms with E-state index in [1.807, 2.05) is 13.8 Å². The topological polar surface area (TPSA) is 79.8 Å². The zero-order valence-electron chi connectivity index (χ0n) is 19.5. The fourth-order valence-corrected chi connectivity index (χ4v) is 4.80. The molecule has 0 radical (unpaired) electrons. The maximum absolute atomic E-state index is 14.5. The first-order valence-electron chi connectivity index (χ1n) is 11.5. The van der Waals surface area contributed by atoms with Crippen LogP contribution >= 0.6 is 0 Å². The maximum Gasteiger partial charge on any atom is 0.330 e. The van der Waals surface area contributed by atoms with E-state index in [2.05, 4.69) is 15.0 Å². The molecule has 0 fully saturated rings. The second-order valence-corrected chi connectivity index (χ2v) is 9.24. The number of ether oxygens (including phenoxy) is 1. The van der Waals surface area contributed by atoms with Crippen molar-refractivity contribution in [1.29, 1.82) is 0 Å². The lowest BCUT2D eigenvalue weighted by Gasteiger charge is -2.27. The summed E-state index contributed by atoms with van der Waals surface area (Å²) in [7, 11) is 0. The molecule has 4 heterocycles. The van der Waals surface area contributed by atoms with Crippen LogP contribution in [0, 0.1) is 23.4 Å². The minimum Gasteiger partial charge on any atom is -0.490 e. The van der Waals surface area contributed by atoms with Crippen LogP contribution in [-0.2, 0) is 6.54 Å². The van der Waals surface area contributed by atoms with Crippen molar-refractivity contribution in [2.24, 2.45) is 5.92 Å². The first-order chi connectivity index (χ1) is 17.3. The molecule has 0 aliphatic carbocycles. The normalized spacial score (nSPS) is 15.6. The highest BCUT2D eigenvalue weighted by molar-refractivity contribution is 5.78. The largest absolute Gasteiger partial charge is 0.490 e. The highest BCUT2D eigenvalue weighted by atomic mass is 19.1. The predicted octanol–water partition coefficient (Wildman–Crippen LogP) is 4.38. The molecule has 0 saturated heterocycles. The Kier molecular flexibility index (Phi) is 5.09. The molecule has 1 aliphatic rings. The quantitative estimate of drug-likeness (QED) is 0.371. The van der Waals surface area contributed by atoms with Crippen LogP contribution in [0.25, 0.3) is 28.1 Å². The molecule has 0 amide bonds. The maximum atomic E-state index is 14.5. The second-order valence-electron chi connectivity index (χ2n) is 9.24. The van der Waals surface area contributed by atoms with E-state index in [9.17, 15) is 18.0 Å². The minimum atomic E-state index is -0.823. The van der Waals surface area contributed by atoms with Crippen molar-refractivity contribution in [2.75, 3.05) is 6.61 Å². The summed E-state index contributed by atoms with van der Waals surface area (Å²) in [6, 6.07) is 5.43. The van der Waals surface area contributed by atoms with Gasteiger partial charge in [-0.25, -0.2) is 27.9 Å². The monoisotopic (exact) mass is 494 g/mol. The van der Waals surface area contributed by atoms with E-state index in [1.54, 1.807) is 10.6 Å². The van der Waals surface area contributed by atoms with Gasteiger partial charge in [-0.15, -0.1) is 0 Å². The lowest BCUT2D eigenvalue weighted by Crippen LogP contribution is -2.32. The highest BCUT2D eigenvalue weighted by Crippen LogP contribution is 2.38. The van der Waals surface area contributed by atoms with Gasteiger partial charge in [0.15, 0.2) is 17.2 Å². The van der Waals surface area contributed by atoms with Gasteiger partial charge in [0.05, 0.1) is 29.9 Å². The number of fused-ring (bicyclic) bond motifs is 3. The van der Waals surface area contributed by atoms with E-state index >= 15 is 0 Å². The molecule has 0 N–H and O–H groups in total. The van der Waals surface area contributed by atoms with Crippen LogP contribution in [0.3, 0.4) is 0 Å². The molecule has 0 spiro atoms. The van der Waals surface area contributed by atoms with E-state index in [0.717, 1.165) is 6.07 Å². The van der Waals surface area contributed by atoms with Gasteiger partial charge in [0.2, 0.25) is 5.95 Å². The Labute approximate surface area is 202 Å². The lowest BCUT2D eigenvalue weighted by atomic mass is 10.00. The van der Waals surface area contributed by atoms with Gasteiger partial charge < -0.3 is 4.74 Å². The molecule has 5 aromatic rings. The van der Waals surface area contributed by atoms with Gasteiger partial charge in [-0.1, -0.05) is 13.8 Å². The molecule has 8 nitrogen and oxygen atoms in total. The number of benzene rings is 2. The van der Waals surface area contributed by atoms with E-state index in [4.69, 9.17) is 4.74 Å². The summed E-state index contributed by atoms with van der Waals surface area (Å²) >= 11 is 0. The van der Waals surface area contributed by atoms with Crippen molar-refractivity contribution in [1.82, 2.24) is 28.7 Å². The van der Waals surface area contributed by atoms with Crippen molar-refractivity contribution in [2.45, 2.75) is 32.9 Å². The Morgan fingerprint density at radius 2 is 1.92 bits per heavy atom. The molecule has 1 aliphatic heterocycles. The summed E-state index contributed by atoms with van der Waals surface area (Å²) in [5, 5.41) is 0. The average Bonchev–Trinajstić information content (AvgIpc) is 3.36. The Morgan fingerprint density at radius 1 is 1.08 bits per heavy atom. The summed E-state index contributed by atoms with van der Waals surface area (Å²) in [5.41, 5.74) is 1.67. The molecule has 6 rings (SSSR count). The third-order valence-electron chi connectivity index (χ3n) is 6.31. The number of nitrogens with zero attached hydrogens (tertiary/aromatic N) is 6. The van der Waals surface area contributed by atoms with Crippen molar-refractivity contribution < 1.29 is 17.9 Å². The summed E-state index contributed by atoms with van der Waals surface area (Å²) in [4.78, 5) is 27.1. The third-order valence-corrected chi connectivity index (χ3v) is 6.31. The number of halogens is 3.